The Morgan fingerprint density at radius 1 is 1.39 bits per heavy atom. The third kappa shape index (κ3) is 4.51. The van der Waals surface area contributed by atoms with Gasteiger partial charge in [-0.25, -0.2) is 8.99 Å². The van der Waals surface area contributed by atoms with Crippen molar-refractivity contribution in [1.82, 2.24) is 0 Å². The van der Waals surface area contributed by atoms with Crippen LogP contribution in [-0.4, -0.2) is 20.9 Å². The first kappa shape index (κ1) is 21.0. The Morgan fingerprint density at radius 3 is 2.74 bits per heavy atom. The van der Waals surface area contributed by atoms with Crippen LogP contribution in [0.5, 0.6) is 0 Å². The molecule has 1 aromatic heterocycles. The van der Waals surface area contributed by atoms with Crippen molar-refractivity contribution >= 4 is 15.5 Å². The van der Waals surface area contributed by atoms with Gasteiger partial charge in [0.25, 0.3) is 0 Å². The molecule has 4 rings (SSSR count). The van der Waals surface area contributed by atoms with Crippen LogP contribution in [0.1, 0.15) is 81.6 Å². The van der Waals surface area contributed by atoms with E-state index in [9.17, 15) is 14.1 Å². The number of fused-ring (bicyclic) bond motifs is 1. The van der Waals surface area contributed by atoms with Gasteiger partial charge in [0, 0.05) is 18.1 Å². The summed E-state index contributed by atoms with van der Waals surface area (Å²) in [5.41, 5.74) is 3.53. The molecule has 6 heteroatoms. The second-order valence-electron chi connectivity index (χ2n) is 9.76. The Hall–Kier alpha value is -1.92. The number of rotatable bonds is 8. The molecule has 168 valence electrons. The lowest BCUT2D eigenvalue weighted by Crippen LogP contribution is -2.22. The van der Waals surface area contributed by atoms with Gasteiger partial charge in [-0.05, 0) is 80.0 Å². The predicted molar refractivity (Wildman–Crippen MR) is 121 cm³/mol. The topological polar surface area (TPSA) is 91.4 Å². The summed E-state index contributed by atoms with van der Waals surface area (Å²) < 4.78 is 35.2. The molecule has 0 aliphatic heterocycles. The van der Waals surface area contributed by atoms with Gasteiger partial charge in [0.2, 0.25) is 0 Å². The summed E-state index contributed by atoms with van der Waals surface area (Å²) in [5.74, 6) is 0.216. The van der Waals surface area contributed by atoms with Crippen LogP contribution < -0.4 is 0 Å². The minimum absolute atomic E-state index is 0.0715. The maximum Gasteiger partial charge on any atom is 0.199 e. The van der Waals surface area contributed by atoms with Gasteiger partial charge < -0.3 is 9.52 Å². The zero-order chi connectivity index (χ0) is 23.3. The van der Waals surface area contributed by atoms with Crippen LogP contribution in [0.3, 0.4) is 0 Å². The lowest BCUT2D eigenvalue weighted by Gasteiger charge is -2.33. The third-order valence-corrected chi connectivity index (χ3v) is 8.62. The monoisotopic (exact) mass is 444 g/mol. The van der Waals surface area contributed by atoms with Gasteiger partial charge in [0.15, 0.2) is 10.9 Å². The number of nitrogens with one attached hydrogen (secondary N) is 1. The number of Topliss-reactive ketones (excluding diaryl/α,β-unsaturated/α-hetero) is 1. The van der Waals surface area contributed by atoms with Crippen molar-refractivity contribution in [3.8, 4) is 0 Å². The molecule has 2 aliphatic carbocycles. The zero-order valence-corrected chi connectivity index (χ0v) is 19.4. The zero-order valence-electron chi connectivity index (χ0n) is 19.6. The highest BCUT2D eigenvalue weighted by atomic mass is 32.2. The first-order valence-electron chi connectivity index (χ1n) is 11.7. The number of benzene rings is 1. The number of hydrogen-bond acceptors (Lipinski definition) is 5. The van der Waals surface area contributed by atoms with E-state index in [2.05, 4.69) is 6.92 Å². The van der Waals surface area contributed by atoms with Crippen molar-refractivity contribution < 1.29 is 19.9 Å². The summed E-state index contributed by atoms with van der Waals surface area (Å²) in [7, 11) is -3.45. The average Bonchev–Trinajstić information content (AvgIpc) is 3.31. The molecule has 1 heterocycles. The van der Waals surface area contributed by atoms with Gasteiger partial charge in [0.1, 0.15) is 9.73 Å². The first-order chi connectivity index (χ1) is 15.0. The number of carbonyl (C=O) groups excluding carboxylic acids is 1. The van der Waals surface area contributed by atoms with Crippen LogP contribution in [0.15, 0.2) is 33.9 Å². The number of aliphatic hydroxyl groups is 1. The summed E-state index contributed by atoms with van der Waals surface area (Å²) in [6, 6.07) is 3.95. The van der Waals surface area contributed by atoms with E-state index in [1.54, 1.807) is 13.8 Å². The van der Waals surface area contributed by atoms with Crippen LogP contribution in [0.2, 0.25) is 0 Å². The van der Waals surface area contributed by atoms with Gasteiger partial charge in [-0.15, -0.1) is 0 Å². The van der Waals surface area contributed by atoms with Crippen LogP contribution in [0.4, 0.5) is 0 Å². The van der Waals surface area contributed by atoms with E-state index in [0.717, 1.165) is 41.5 Å². The molecule has 0 saturated heterocycles. The minimum Gasteiger partial charge on any atom is -0.454 e. The van der Waals surface area contributed by atoms with Gasteiger partial charge >= 0.3 is 0 Å². The first-order valence-corrected chi connectivity index (χ1v) is 12.9. The lowest BCUT2D eigenvalue weighted by molar-refractivity contribution is -0.116. The molecule has 2 aliphatic rings. The van der Waals surface area contributed by atoms with Gasteiger partial charge in [-0.2, -0.15) is 0 Å². The molecule has 1 aromatic carbocycles. The normalized spacial score (nSPS) is 19.9. The van der Waals surface area contributed by atoms with E-state index >= 15 is 0 Å². The summed E-state index contributed by atoms with van der Waals surface area (Å²) in [5, 5.41) is 10.0. The van der Waals surface area contributed by atoms with E-state index in [0.29, 0.717) is 23.4 Å². The third-order valence-electron chi connectivity index (χ3n) is 7.02. The van der Waals surface area contributed by atoms with Crippen LogP contribution in [0, 0.1) is 10.7 Å². The van der Waals surface area contributed by atoms with Crippen LogP contribution in [-0.2, 0) is 39.4 Å². The molecular formula is C25H33NO4S. The highest BCUT2D eigenvalue weighted by Crippen LogP contribution is 2.42. The molecule has 2 aromatic rings. The van der Waals surface area contributed by atoms with Crippen molar-refractivity contribution in [2.45, 2.75) is 82.3 Å². The maximum absolute atomic E-state index is 13.1. The quantitative estimate of drug-likeness (QED) is 0.591. The summed E-state index contributed by atoms with van der Waals surface area (Å²) in [6.45, 7) is 5.36. The van der Waals surface area contributed by atoms with E-state index in [4.69, 9.17) is 10.6 Å². The van der Waals surface area contributed by atoms with Gasteiger partial charge in [-0.1, -0.05) is 25.5 Å². The van der Waals surface area contributed by atoms with Crippen molar-refractivity contribution in [3.05, 3.63) is 52.3 Å². The second-order valence-corrected chi connectivity index (χ2v) is 11.8. The Kier molecular flexibility index (Phi) is 5.55. The average molecular weight is 445 g/mol. The highest BCUT2D eigenvalue weighted by Gasteiger charge is 2.30. The molecule has 0 radical (unpaired) electrons. The fourth-order valence-corrected chi connectivity index (χ4v) is 6.05. The summed E-state index contributed by atoms with van der Waals surface area (Å²) in [4.78, 5) is 13.1. The number of ketones is 1. The largest absolute Gasteiger partial charge is 0.454 e. The lowest BCUT2D eigenvalue weighted by atomic mass is 9.72. The molecule has 2 N–H and O–H groups in total. The smallest absolute Gasteiger partial charge is 0.199 e. The standard InChI is InChI=1S/C25H33NO4S/c1-16(17-6-4-7-17)21-11-10-18-8-5-9-22(18)23(21)13-20(27)15-31(26,29)24-12-19(14-30-24)25(2,3)28/h10-12,14,16-17,26,28H,4-9,13,15H2,1-3H3/t16?,31-/m1/s1/i10D. The minimum atomic E-state index is -3.45. The number of hydrogen-bond donors (Lipinski definition) is 2. The molecule has 0 amide bonds. The molecule has 1 saturated carbocycles. The van der Waals surface area contributed by atoms with Crippen molar-refractivity contribution in [1.29, 1.82) is 4.78 Å². The molecule has 2 atom stereocenters. The Morgan fingerprint density at radius 2 is 2.13 bits per heavy atom. The van der Waals surface area contributed by atoms with Crippen LogP contribution >= 0.6 is 0 Å². The molecule has 0 bridgehead atoms. The number of carbonyl (C=O) groups is 1. The SMILES string of the molecule is [2H]c1cc(C(C)C2CCC2)c(CC(=O)C[S@@](=N)(=O)c2cc(C(C)(C)O)co2)c2c1CCC2. The summed E-state index contributed by atoms with van der Waals surface area (Å²) >= 11 is 0. The number of furan rings is 1. The molecular weight excluding hydrogens is 410 g/mol. The van der Waals surface area contributed by atoms with Crippen molar-refractivity contribution in [3.63, 3.8) is 0 Å². The molecule has 1 fully saturated rings. The predicted octanol–water partition coefficient (Wildman–Crippen LogP) is 5.12. The van der Waals surface area contributed by atoms with Crippen LogP contribution in [0.25, 0.3) is 0 Å². The second kappa shape index (κ2) is 8.21. The van der Waals surface area contributed by atoms with Gasteiger partial charge in [0.05, 0.1) is 19.0 Å². The summed E-state index contributed by atoms with van der Waals surface area (Å²) in [6.07, 6.45) is 7.77. The van der Waals surface area contributed by atoms with E-state index < -0.39 is 21.1 Å². The fourth-order valence-electron chi connectivity index (χ4n) is 4.83. The van der Waals surface area contributed by atoms with Gasteiger partial charge in [-0.3, -0.25) is 4.79 Å². The Balaban J connectivity index is 1.60. The fraction of sp³-hybridized carbons (Fsp3) is 0.560. The molecule has 31 heavy (non-hydrogen) atoms. The maximum atomic E-state index is 13.1. The molecule has 1 unspecified atom stereocenters. The highest BCUT2D eigenvalue weighted by molar-refractivity contribution is 7.93. The Bertz CT molecular complexity index is 1140. The Labute approximate surface area is 186 Å². The molecule has 5 nitrogen and oxygen atoms in total. The van der Waals surface area contributed by atoms with E-state index in [1.165, 1.54) is 31.6 Å². The van der Waals surface area contributed by atoms with Crippen molar-refractivity contribution in [2.75, 3.05) is 5.75 Å². The van der Waals surface area contributed by atoms with Crippen molar-refractivity contribution in [2.24, 2.45) is 5.92 Å². The van der Waals surface area contributed by atoms with E-state index in [-0.39, 0.29) is 17.3 Å². The van der Waals surface area contributed by atoms with E-state index in [1.807, 2.05) is 6.07 Å². The molecule has 0 spiro atoms.